The van der Waals surface area contributed by atoms with Gasteiger partial charge in [-0.05, 0) is 67.1 Å². The summed E-state index contributed by atoms with van der Waals surface area (Å²) in [6, 6.07) is 14.2. The van der Waals surface area contributed by atoms with E-state index in [0.717, 1.165) is 48.3 Å². The highest BCUT2D eigenvalue weighted by Crippen LogP contribution is 2.29. The first kappa shape index (κ1) is 21.5. The molecule has 1 aliphatic heterocycles. The zero-order valence-corrected chi connectivity index (χ0v) is 19.1. The first-order valence-corrected chi connectivity index (χ1v) is 11.9. The number of hydrogen-bond donors (Lipinski definition) is 4. The molecule has 0 atom stereocenters. The summed E-state index contributed by atoms with van der Waals surface area (Å²) in [5.41, 5.74) is 4.80. The van der Waals surface area contributed by atoms with Gasteiger partial charge in [-0.3, -0.25) is 0 Å². The molecule has 8 heteroatoms. The van der Waals surface area contributed by atoms with Crippen LogP contribution in [0.2, 0.25) is 5.02 Å². The smallest absolute Gasteiger partial charge is 0.319 e. The summed E-state index contributed by atoms with van der Waals surface area (Å²) in [5.74, 6) is 0.988. The number of urea groups is 1. The van der Waals surface area contributed by atoms with Crippen LogP contribution in [0.5, 0.6) is 0 Å². The Balaban J connectivity index is 1.43. The van der Waals surface area contributed by atoms with Crippen LogP contribution in [0.25, 0.3) is 0 Å². The van der Waals surface area contributed by atoms with Crippen molar-refractivity contribution in [1.29, 1.82) is 0 Å². The molecule has 2 aromatic carbocycles. The van der Waals surface area contributed by atoms with Crippen molar-refractivity contribution >= 4 is 46.5 Å². The van der Waals surface area contributed by atoms with Gasteiger partial charge < -0.3 is 21.3 Å². The van der Waals surface area contributed by atoms with Crippen LogP contribution in [0.4, 0.5) is 33.6 Å². The Morgan fingerprint density at radius 1 is 1.00 bits per heavy atom. The quantitative estimate of drug-likeness (QED) is 0.365. The van der Waals surface area contributed by atoms with Gasteiger partial charge in [-0.2, -0.15) is 4.98 Å². The number of fused-ring (bicyclic) bond motifs is 6. The number of benzene rings is 2. The highest BCUT2D eigenvalue weighted by atomic mass is 35.5. The fourth-order valence-corrected chi connectivity index (χ4v) is 4.59. The van der Waals surface area contributed by atoms with E-state index in [-0.39, 0.29) is 12.1 Å². The molecule has 3 aromatic rings. The number of anilines is 5. The lowest BCUT2D eigenvalue weighted by molar-refractivity contribution is 0.244. The maximum Gasteiger partial charge on any atom is 0.319 e. The van der Waals surface area contributed by atoms with Crippen molar-refractivity contribution in [2.75, 3.05) is 16.0 Å². The van der Waals surface area contributed by atoms with Crippen LogP contribution < -0.4 is 21.3 Å². The van der Waals surface area contributed by atoms with Crippen LogP contribution in [-0.2, 0) is 12.8 Å². The van der Waals surface area contributed by atoms with Gasteiger partial charge in [0.25, 0.3) is 0 Å². The molecule has 1 saturated carbocycles. The van der Waals surface area contributed by atoms with Crippen LogP contribution >= 0.6 is 11.6 Å². The van der Waals surface area contributed by atoms with Crippen molar-refractivity contribution in [2.45, 2.75) is 51.0 Å². The van der Waals surface area contributed by atoms with Crippen LogP contribution in [0.3, 0.4) is 0 Å². The number of amides is 2. The molecule has 1 fully saturated rings. The van der Waals surface area contributed by atoms with E-state index < -0.39 is 0 Å². The lowest BCUT2D eigenvalue weighted by Crippen LogP contribution is -2.39. The molecule has 7 nitrogen and oxygen atoms in total. The Morgan fingerprint density at radius 3 is 2.73 bits per heavy atom. The van der Waals surface area contributed by atoms with Gasteiger partial charge >= 0.3 is 6.03 Å². The molecule has 1 aromatic heterocycles. The zero-order valence-electron chi connectivity index (χ0n) is 18.3. The van der Waals surface area contributed by atoms with Gasteiger partial charge in [0.1, 0.15) is 5.02 Å². The Kier molecular flexibility index (Phi) is 6.30. The minimum atomic E-state index is -0.142. The monoisotopic (exact) mass is 462 g/mol. The van der Waals surface area contributed by atoms with E-state index in [1.165, 1.54) is 24.8 Å². The lowest BCUT2D eigenvalue weighted by Gasteiger charge is -2.23. The number of carbonyl (C=O) groups excluding carboxylic acids is 1. The van der Waals surface area contributed by atoms with Gasteiger partial charge in [0.05, 0.1) is 6.20 Å². The Morgan fingerprint density at radius 2 is 1.85 bits per heavy atom. The number of carbonyl (C=O) groups is 1. The van der Waals surface area contributed by atoms with Gasteiger partial charge in [-0.1, -0.05) is 43.0 Å². The topological polar surface area (TPSA) is 91.0 Å². The van der Waals surface area contributed by atoms with E-state index in [9.17, 15) is 4.79 Å². The van der Waals surface area contributed by atoms with Crippen molar-refractivity contribution in [1.82, 2.24) is 15.3 Å². The molecule has 2 amide bonds. The van der Waals surface area contributed by atoms with E-state index in [4.69, 9.17) is 11.6 Å². The molecule has 1 aliphatic carbocycles. The van der Waals surface area contributed by atoms with Crippen molar-refractivity contribution in [2.24, 2.45) is 0 Å². The SMILES string of the molecule is O=C(Nc1ccc2cc1CCc1cccc(c1)Nc1ncc(Cl)c(n1)N2)NC1CCCCC1. The zero-order chi connectivity index (χ0) is 22.6. The summed E-state index contributed by atoms with van der Waals surface area (Å²) < 4.78 is 0. The average molecular weight is 463 g/mol. The molecule has 4 N–H and O–H groups in total. The maximum atomic E-state index is 12.7. The predicted octanol–water partition coefficient (Wildman–Crippen LogP) is 6.17. The molecule has 33 heavy (non-hydrogen) atoms. The maximum absolute atomic E-state index is 12.7. The molecule has 6 bridgehead atoms. The summed E-state index contributed by atoms with van der Waals surface area (Å²) in [4.78, 5) is 21.5. The summed E-state index contributed by atoms with van der Waals surface area (Å²) >= 11 is 6.35. The molecule has 0 saturated heterocycles. The second-order valence-electron chi connectivity index (χ2n) is 8.65. The number of halogens is 1. The Bertz CT molecular complexity index is 1160. The number of aryl methyl sites for hydroxylation is 2. The highest BCUT2D eigenvalue weighted by Gasteiger charge is 2.17. The molecule has 2 heterocycles. The number of aromatic nitrogens is 2. The second-order valence-corrected chi connectivity index (χ2v) is 9.05. The van der Waals surface area contributed by atoms with Gasteiger partial charge in [-0.25, -0.2) is 9.78 Å². The second kappa shape index (κ2) is 9.67. The summed E-state index contributed by atoms with van der Waals surface area (Å²) in [6.07, 6.45) is 8.90. The van der Waals surface area contributed by atoms with Crippen LogP contribution in [-0.4, -0.2) is 22.0 Å². The summed E-state index contributed by atoms with van der Waals surface area (Å²) in [6.45, 7) is 0. The van der Waals surface area contributed by atoms with Crippen LogP contribution in [0.15, 0.2) is 48.7 Å². The molecule has 170 valence electrons. The molecule has 2 aliphatic rings. The Labute approximate surface area is 198 Å². The molecule has 0 radical (unpaired) electrons. The van der Waals surface area contributed by atoms with Gasteiger partial charge in [-0.15, -0.1) is 0 Å². The third-order valence-corrected chi connectivity index (χ3v) is 6.44. The molecule has 0 unspecified atom stereocenters. The fraction of sp³-hybridized carbons (Fsp3) is 0.320. The molecule has 5 rings (SSSR count). The largest absolute Gasteiger partial charge is 0.339 e. The highest BCUT2D eigenvalue weighted by molar-refractivity contribution is 6.32. The number of nitrogens with one attached hydrogen (secondary N) is 4. The molecular formula is C25H27ClN6O. The van der Waals surface area contributed by atoms with Crippen LogP contribution in [0, 0.1) is 0 Å². The standard InChI is InChI=1S/C25H27ClN6O/c26-21-15-27-24-29-19-8-4-5-16(13-19)9-10-17-14-20(28-23(21)32-24)11-12-22(17)31-25(33)30-18-6-2-1-3-7-18/h4-5,8,11-15,18H,1-3,6-7,9-10H2,(H2,30,31,33)(H2,27,28,29,32). The normalized spacial score (nSPS) is 15.7. The number of hydrogen-bond acceptors (Lipinski definition) is 5. The summed E-state index contributed by atoms with van der Waals surface area (Å²) in [7, 11) is 0. The Hall–Kier alpha value is -3.32. The van der Waals surface area contributed by atoms with Crippen molar-refractivity contribution in [3.8, 4) is 0 Å². The van der Waals surface area contributed by atoms with Crippen molar-refractivity contribution < 1.29 is 4.79 Å². The van der Waals surface area contributed by atoms with E-state index in [2.05, 4.69) is 43.4 Å². The third kappa shape index (κ3) is 5.37. The minimum Gasteiger partial charge on any atom is -0.339 e. The number of nitrogens with zero attached hydrogens (tertiary/aromatic N) is 2. The van der Waals surface area contributed by atoms with E-state index in [1.54, 1.807) is 6.20 Å². The van der Waals surface area contributed by atoms with Gasteiger partial charge in [0, 0.05) is 23.1 Å². The first-order valence-electron chi connectivity index (χ1n) is 11.5. The lowest BCUT2D eigenvalue weighted by atomic mass is 9.96. The van der Waals surface area contributed by atoms with E-state index in [1.807, 2.05) is 30.3 Å². The van der Waals surface area contributed by atoms with Crippen molar-refractivity contribution in [3.63, 3.8) is 0 Å². The molecule has 0 spiro atoms. The fourth-order valence-electron chi connectivity index (χ4n) is 4.46. The summed E-state index contributed by atoms with van der Waals surface area (Å²) in [5, 5.41) is 13.2. The predicted molar refractivity (Wildman–Crippen MR) is 133 cm³/mol. The molecular weight excluding hydrogens is 436 g/mol. The first-order chi connectivity index (χ1) is 16.1. The van der Waals surface area contributed by atoms with Gasteiger partial charge in [0.15, 0.2) is 5.82 Å². The van der Waals surface area contributed by atoms with E-state index >= 15 is 0 Å². The van der Waals surface area contributed by atoms with Crippen LogP contribution in [0.1, 0.15) is 43.2 Å². The minimum absolute atomic E-state index is 0.142. The van der Waals surface area contributed by atoms with E-state index in [0.29, 0.717) is 16.8 Å². The third-order valence-electron chi connectivity index (χ3n) is 6.17. The number of rotatable bonds is 2. The van der Waals surface area contributed by atoms with Gasteiger partial charge in [0.2, 0.25) is 5.95 Å². The van der Waals surface area contributed by atoms with Crippen molar-refractivity contribution in [3.05, 3.63) is 64.8 Å². The average Bonchev–Trinajstić information content (AvgIpc) is 2.82.